The number of benzene rings is 4. The van der Waals surface area contributed by atoms with Gasteiger partial charge in [-0.25, -0.2) is 0 Å². The van der Waals surface area contributed by atoms with Gasteiger partial charge in [0.05, 0.1) is 0 Å². The first kappa shape index (κ1) is 19.4. The van der Waals surface area contributed by atoms with Crippen molar-refractivity contribution in [1.29, 1.82) is 0 Å². The van der Waals surface area contributed by atoms with Crippen LogP contribution in [0.1, 0.15) is 27.5 Å². The Morgan fingerprint density at radius 3 is 1.55 bits per heavy atom. The molecule has 4 rings (SSSR count). The topological polar surface area (TPSA) is 9.23 Å². The van der Waals surface area contributed by atoms with Crippen LogP contribution < -0.4 is 4.74 Å². The normalized spacial score (nSPS) is 10.9. The highest BCUT2D eigenvalue weighted by atomic mass is 32.2. The molecule has 0 radical (unpaired) electrons. The Morgan fingerprint density at radius 2 is 1.03 bits per heavy atom. The second-order valence-corrected chi connectivity index (χ2v) is 8.55. The molecule has 0 amide bonds. The van der Waals surface area contributed by atoms with Crippen LogP contribution in [0.4, 0.5) is 0 Å². The summed E-state index contributed by atoms with van der Waals surface area (Å²) >= 11 is 1.26. The number of ether oxygens (including phenoxy) is 1. The summed E-state index contributed by atoms with van der Waals surface area (Å²) in [6.07, 6.45) is 0. The van der Waals surface area contributed by atoms with Crippen molar-refractivity contribution in [2.75, 3.05) is 0 Å². The van der Waals surface area contributed by atoms with Crippen LogP contribution in [0.3, 0.4) is 0 Å². The van der Waals surface area contributed by atoms with Gasteiger partial charge < -0.3 is 4.74 Å². The van der Waals surface area contributed by atoms with E-state index >= 15 is 0 Å². The Hall–Kier alpha value is -2.97. The van der Waals surface area contributed by atoms with E-state index in [0.717, 1.165) is 11.5 Å². The van der Waals surface area contributed by atoms with Gasteiger partial charge in [-0.3, -0.25) is 0 Å². The van der Waals surface area contributed by atoms with Gasteiger partial charge >= 0.3 is 0 Å². The molecule has 0 bridgehead atoms. The average Bonchev–Trinajstić information content (AvgIpc) is 2.75. The first-order valence-corrected chi connectivity index (χ1v) is 10.8. The van der Waals surface area contributed by atoms with Crippen LogP contribution >= 0.6 is 0 Å². The van der Waals surface area contributed by atoms with Crippen molar-refractivity contribution < 1.29 is 4.74 Å². The lowest BCUT2D eigenvalue weighted by molar-refractivity contribution is 0.482. The number of hydrogen-bond donors (Lipinski definition) is 0. The first-order valence-electron chi connectivity index (χ1n) is 9.84. The lowest BCUT2D eigenvalue weighted by Crippen LogP contribution is -2.04. The van der Waals surface area contributed by atoms with E-state index in [1.54, 1.807) is 0 Å². The van der Waals surface area contributed by atoms with Crippen molar-refractivity contribution in [2.24, 2.45) is 0 Å². The SMILES string of the molecule is Cc1ccc(C([SH+]c2ccc(Oc3ccccc3)cc2)c2ccc(C)cc2)cc1. The lowest BCUT2D eigenvalue weighted by Gasteiger charge is -2.12. The van der Waals surface area contributed by atoms with Crippen LogP contribution in [0.25, 0.3) is 0 Å². The van der Waals surface area contributed by atoms with Crippen LogP contribution in [-0.4, -0.2) is 0 Å². The summed E-state index contributed by atoms with van der Waals surface area (Å²) < 4.78 is 5.93. The van der Waals surface area contributed by atoms with Crippen molar-refractivity contribution in [3.8, 4) is 11.5 Å². The van der Waals surface area contributed by atoms with Gasteiger partial charge in [0.2, 0.25) is 0 Å². The minimum absolute atomic E-state index is 0.303. The Labute approximate surface area is 177 Å². The van der Waals surface area contributed by atoms with Crippen LogP contribution in [0.15, 0.2) is 108 Å². The highest BCUT2D eigenvalue weighted by molar-refractivity contribution is 7.79. The molecule has 0 unspecified atom stereocenters. The van der Waals surface area contributed by atoms with E-state index in [1.807, 2.05) is 30.3 Å². The monoisotopic (exact) mass is 397 g/mol. The zero-order valence-corrected chi connectivity index (χ0v) is 17.6. The molecule has 0 atom stereocenters. The Morgan fingerprint density at radius 1 is 0.552 bits per heavy atom. The summed E-state index contributed by atoms with van der Waals surface area (Å²) in [5, 5.41) is 0.303. The van der Waals surface area contributed by atoms with E-state index in [4.69, 9.17) is 4.74 Å². The fraction of sp³-hybridized carbons (Fsp3) is 0.111. The van der Waals surface area contributed by atoms with E-state index < -0.39 is 0 Å². The highest BCUT2D eigenvalue weighted by Crippen LogP contribution is 2.31. The van der Waals surface area contributed by atoms with Gasteiger partial charge in [-0.05, 0) is 50.2 Å². The van der Waals surface area contributed by atoms with E-state index in [0.29, 0.717) is 5.25 Å². The quantitative estimate of drug-likeness (QED) is 0.250. The molecule has 144 valence electrons. The van der Waals surface area contributed by atoms with Gasteiger partial charge in [-0.2, -0.15) is 0 Å². The Kier molecular flexibility index (Phi) is 6.02. The number of hydrogen-bond acceptors (Lipinski definition) is 1. The molecule has 0 spiro atoms. The predicted molar refractivity (Wildman–Crippen MR) is 124 cm³/mol. The van der Waals surface area contributed by atoms with Gasteiger partial charge in [0, 0.05) is 22.9 Å². The maximum Gasteiger partial charge on any atom is 0.171 e. The molecule has 0 N–H and O–H groups in total. The largest absolute Gasteiger partial charge is 0.457 e. The molecule has 4 aromatic carbocycles. The number of thiol groups is 1. The fourth-order valence-corrected chi connectivity index (χ4v) is 4.47. The van der Waals surface area contributed by atoms with Crippen LogP contribution in [0.2, 0.25) is 0 Å². The third-order valence-corrected chi connectivity index (χ3v) is 6.33. The minimum atomic E-state index is 0.303. The molecule has 1 nitrogen and oxygen atoms in total. The van der Waals surface area contributed by atoms with E-state index in [2.05, 4.69) is 86.6 Å². The second kappa shape index (κ2) is 9.02. The first-order chi connectivity index (χ1) is 14.2. The molecule has 4 aromatic rings. The molecule has 29 heavy (non-hydrogen) atoms. The van der Waals surface area contributed by atoms with Crippen molar-refractivity contribution >= 4 is 11.8 Å². The second-order valence-electron chi connectivity index (χ2n) is 7.26. The maximum atomic E-state index is 5.93. The van der Waals surface area contributed by atoms with E-state index in [-0.39, 0.29) is 0 Å². The molecule has 0 aliphatic heterocycles. The Balaban J connectivity index is 1.57. The molecule has 0 aliphatic carbocycles. The summed E-state index contributed by atoms with van der Waals surface area (Å²) in [7, 11) is 0. The minimum Gasteiger partial charge on any atom is -0.457 e. The van der Waals surface area contributed by atoms with Gasteiger partial charge in [-0.15, -0.1) is 0 Å². The number of rotatable bonds is 6. The summed E-state index contributed by atoms with van der Waals surface area (Å²) in [6, 6.07) is 36.1. The van der Waals surface area contributed by atoms with Crippen molar-refractivity contribution in [2.45, 2.75) is 24.0 Å². The molecule has 0 fully saturated rings. The highest BCUT2D eigenvalue weighted by Gasteiger charge is 2.23. The zero-order chi connectivity index (χ0) is 20.1. The molecule has 2 heteroatoms. The van der Waals surface area contributed by atoms with Gasteiger partial charge in [0.1, 0.15) is 11.5 Å². The lowest BCUT2D eigenvalue weighted by atomic mass is 10.0. The molecule has 0 saturated carbocycles. The Bertz CT molecular complexity index is 991. The molecule has 0 aliphatic rings. The molecule has 0 heterocycles. The third-order valence-electron chi connectivity index (χ3n) is 4.88. The van der Waals surface area contributed by atoms with Gasteiger partial charge in [-0.1, -0.05) is 77.9 Å². The molecule has 0 aromatic heterocycles. The predicted octanol–water partition coefficient (Wildman–Crippen LogP) is 7.06. The summed E-state index contributed by atoms with van der Waals surface area (Å²) in [5.74, 6) is 1.72. The zero-order valence-electron chi connectivity index (χ0n) is 16.7. The fourth-order valence-electron chi connectivity index (χ4n) is 3.21. The molecular formula is C27H25OS+. The summed E-state index contributed by atoms with van der Waals surface area (Å²) in [6.45, 7) is 4.27. The van der Waals surface area contributed by atoms with Gasteiger partial charge in [0.15, 0.2) is 10.1 Å². The van der Waals surface area contributed by atoms with Gasteiger partial charge in [0.25, 0.3) is 0 Å². The number of para-hydroxylation sites is 1. The summed E-state index contributed by atoms with van der Waals surface area (Å²) in [5.41, 5.74) is 5.25. The smallest absolute Gasteiger partial charge is 0.171 e. The summed E-state index contributed by atoms with van der Waals surface area (Å²) in [4.78, 5) is 1.27. The third kappa shape index (κ3) is 5.10. The van der Waals surface area contributed by atoms with Crippen LogP contribution in [0, 0.1) is 13.8 Å². The standard InChI is InChI=1S/C27H24OS/c1-20-8-12-22(13-9-20)27(23-14-10-21(2)11-15-23)29-26-18-16-25(17-19-26)28-24-6-4-3-5-7-24/h3-19,27H,1-2H3/p+1. The van der Waals surface area contributed by atoms with Crippen molar-refractivity contribution in [3.63, 3.8) is 0 Å². The number of aryl methyl sites for hydroxylation is 2. The van der Waals surface area contributed by atoms with E-state index in [9.17, 15) is 0 Å². The maximum absolute atomic E-state index is 5.93. The van der Waals surface area contributed by atoms with Crippen molar-refractivity contribution in [3.05, 3.63) is 125 Å². The molecule has 0 saturated heterocycles. The van der Waals surface area contributed by atoms with Crippen LogP contribution in [0.5, 0.6) is 11.5 Å². The van der Waals surface area contributed by atoms with E-state index in [1.165, 1.54) is 38.9 Å². The average molecular weight is 398 g/mol. The van der Waals surface area contributed by atoms with Crippen molar-refractivity contribution in [1.82, 2.24) is 0 Å². The molecular weight excluding hydrogens is 372 g/mol. The van der Waals surface area contributed by atoms with Crippen LogP contribution in [-0.2, 0) is 11.8 Å².